The summed E-state index contributed by atoms with van der Waals surface area (Å²) in [6.45, 7) is 2.08. The molecule has 1 aliphatic rings. The van der Waals surface area contributed by atoms with Crippen LogP contribution in [-0.2, 0) is 0 Å². The van der Waals surface area contributed by atoms with E-state index < -0.39 is 10.5 Å². The lowest BCUT2D eigenvalue weighted by Gasteiger charge is -2.39. The van der Waals surface area contributed by atoms with Crippen molar-refractivity contribution in [3.8, 4) is 0 Å². The number of aromatic nitrogens is 1. The van der Waals surface area contributed by atoms with Gasteiger partial charge in [0.15, 0.2) is 0 Å². The Morgan fingerprint density at radius 1 is 1.70 bits per heavy atom. The maximum Gasteiger partial charge on any atom is 0.312 e. The first kappa shape index (κ1) is 15.2. The van der Waals surface area contributed by atoms with Crippen molar-refractivity contribution in [3.63, 3.8) is 0 Å². The lowest BCUT2D eigenvalue weighted by atomic mass is 9.77. The van der Waals surface area contributed by atoms with Gasteiger partial charge in [-0.2, -0.15) is 0 Å². The monoisotopic (exact) mass is 343 g/mol. The molecule has 1 heterocycles. The highest BCUT2D eigenvalue weighted by Crippen LogP contribution is 2.36. The largest absolute Gasteiger partial charge is 0.394 e. The predicted octanol–water partition coefficient (Wildman–Crippen LogP) is 3.11. The highest BCUT2D eigenvalue weighted by atomic mass is 79.9. The molecule has 2 atom stereocenters. The van der Waals surface area contributed by atoms with Gasteiger partial charge in [0.05, 0.1) is 17.1 Å². The molecule has 0 spiro atoms. The van der Waals surface area contributed by atoms with Gasteiger partial charge in [0.2, 0.25) is 5.82 Å². The van der Waals surface area contributed by atoms with Crippen LogP contribution in [0.15, 0.2) is 16.7 Å². The predicted molar refractivity (Wildman–Crippen MR) is 79.7 cm³/mol. The molecule has 20 heavy (non-hydrogen) atoms. The lowest BCUT2D eigenvalue weighted by molar-refractivity contribution is -0.384. The fourth-order valence-corrected chi connectivity index (χ4v) is 3.19. The van der Waals surface area contributed by atoms with Gasteiger partial charge in [-0.1, -0.05) is 19.8 Å². The van der Waals surface area contributed by atoms with Crippen LogP contribution in [0.1, 0.15) is 32.6 Å². The fraction of sp³-hybridized carbons (Fsp3) is 0.615. The van der Waals surface area contributed by atoms with E-state index in [2.05, 4.69) is 33.2 Å². The van der Waals surface area contributed by atoms with Crippen molar-refractivity contribution in [1.82, 2.24) is 4.98 Å². The van der Waals surface area contributed by atoms with E-state index in [1.54, 1.807) is 0 Å². The van der Waals surface area contributed by atoms with Gasteiger partial charge in [-0.15, -0.1) is 0 Å². The summed E-state index contributed by atoms with van der Waals surface area (Å²) in [6.07, 6.45) is 5.23. The van der Waals surface area contributed by atoms with Gasteiger partial charge in [-0.3, -0.25) is 10.1 Å². The van der Waals surface area contributed by atoms with Crippen molar-refractivity contribution < 1.29 is 10.0 Å². The van der Waals surface area contributed by atoms with Gasteiger partial charge in [0.1, 0.15) is 0 Å². The smallest absolute Gasteiger partial charge is 0.312 e. The topological polar surface area (TPSA) is 88.3 Å². The molecule has 2 rings (SSSR count). The summed E-state index contributed by atoms with van der Waals surface area (Å²) < 4.78 is 0.560. The minimum Gasteiger partial charge on any atom is -0.394 e. The molecule has 0 saturated heterocycles. The van der Waals surface area contributed by atoms with E-state index >= 15 is 0 Å². The molecule has 1 aromatic heterocycles. The molecular weight excluding hydrogens is 326 g/mol. The van der Waals surface area contributed by atoms with Crippen LogP contribution in [-0.4, -0.2) is 27.2 Å². The molecule has 1 aliphatic carbocycles. The first-order valence-electron chi connectivity index (χ1n) is 6.65. The second-order valence-corrected chi connectivity index (χ2v) is 6.46. The third-order valence-corrected chi connectivity index (χ3v) is 4.24. The Morgan fingerprint density at radius 3 is 3.05 bits per heavy atom. The van der Waals surface area contributed by atoms with Gasteiger partial charge < -0.3 is 10.4 Å². The second-order valence-electron chi connectivity index (χ2n) is 5.54. The highest BCUT2D eigenvalue weighted by molar-refractivity contribution is 9.10. The average molecular weight is 344 g/mol. The normalized spacial score (nSPS) is 26.2. The summed E-state index contributed by atoms with van der Waals surface area (Å²) in [5, 5.41) is 24.0. The minimum absolute atomic E-state index is 0.0494. The van der Waals surface area contributed by atoms with Crippen LogP contribution in [0.25, 0.3) is 0 Å². The van der Waals surface area contributed by atoms with Crippen LogP contribution in [0.2, 0.25) is 0 Å². The molecule has 110 valence electrons. The first-order chi connectivity index (χ1) is 9.46. The first-order valence-corrected chi connectivity index (χ1v) is 7.44. The Balaban J connectivity index is 2.30. The Kier molecular flexibility index (Phi) is 4.59. The van der Waals surface area contributed by atoms with Gasteiger partial charge in [0, 0.05) is 16.7 Å². The summed E-state index contributed by atoms with van der Waals surface area (Å²) in [4.78, 5) is 14.8. The zero-order chi connectivity index (χ0) is 14.8. The van der Waals surface area contributed by atoms with Crippen molar-refractivity contribution in [1.29, 1.82) is 0 Å². The number of rotatable bonds is 4. The molecule has 1 aromatic rings. The van der Waals surface area contributed by atoms with Crippen LogP contribution in [0, 0.1) is 16.0 Å². The molecule has 0 radical (unpaired) electrons. The van der Waals surface area contributed by atoms with Crippen molar-refractivity contribution in [2.24, 2.45) is 5.92 Å². The Labute approximate surface area is 125 Å². The van der Waals surface area contributed by atoms with E-state index in [4.69, 9.17) is 0 Å². The Bertz CT molecular complexity index is 512. The van der Waals surface area contributed by atoms with E-state index in [-0.39, 0.29) is 18.1 Å². The number of hydrogen-bond donors (Lipinski definition) is 2. The average Bonchev–Trinajstić information content (AvgIpc) is 2.40. The zero-order valence-electron chi connectivity index (χ0n) is 11.3. The maximum atomic E-state index is 11.1. The van der Waals surface area contributed by atoms with Crippen molar-refractivity contribution in [3.05, 3.63) is 26.9 Å². The molecule has 7 heteroatoms. The number of nitrogens with zero attached hydrogens (tertiary/aromatic N) is 2. The summed E-state index contributed by atoms with van der Waals surface area (Å²) in [5.74, 6) is 0.708. The molecule has 1 saturated carbocycles. The highest BCUT2D eigenvalue weighted by Gasteiger charge is 2.36. The van der Waals surface area contributed by atoms with Gasteiger partial charge >= 0.3 is 5.69 Å². The SMILES string of the molecule is CC1CCCC(CO)(Nc2ncc(Br)cc2[N+](=O)[O-])C1. The fourth-order valence-electron chi connectivity index (χ4n) is 2.87. The molecule has 2 unspecified atom stereocenters. The van der Waals surface area contributed by atoms with E-state index in [1.165, 1.54) is 12.3 Å². The molecule has 0 amide bonds. The third kappa shape index (κ3) is 3.27. The molecule has 0 aliphatic heterocycles. The van der Waals surface area contributed by atoms with E-state index in [0.29, 0.717) is 10.4 Å². The molecule has 0 aromatic carbocycles. The Hall–Kier alpha value is -1.21. The van der Waals surface area contributed by atoms with Crippen LogP contribution in [0.3, 0.4) is 0 Å². The van der Waals surface area contributed by atoms with E-state index in [1.807, 2.05) is 0 Å². The molecule has 0 bridgehead atoms. The third-order valence-electron chi connectivity index (χ3n) is 3.81. The molecule has 1 fully saturated rings. The van der Waals surface area contributed by atoms with Gasteiger partial charge in [-0.05, 0) is 34.7 Å². The lowest BCUT2D eigenvalue weighted by Crippen LogP contribution is -2.46. The quantitative estimate of drug-likeness (QED) is 0.647. The molecule has 6 nitrogen and oxygen atoms in total. The summed E-state index contributed by atoms with van der Waals surface area (Å²) in [5.41, 5.74) is -0.589. The summed E-state index contributed by atoms with van der Waals surface area (Å²) in [7, 11) is 0. The number of pyridine rings is 1. The van der Waals surface area contributed by atoms with Crippen molar-refractivity contribution >= 4 is 27.4 Å². The van der Waals surface area contributed by atoms with Gasteiger partial charge in [-0.25, -0.2) is 4.98 Å². The van der Waals surface area contributed by atoms with Crippen molar-refractivity contribution in [2.45, 2.75) is 38.1 Å². The number of hydrogen-bond acceptors (Lipinski definition) is 5. The van der Waals surface area contributed by atoms with Crippen LogP contribution >= 0.6 is 15.9 Å². The van der Waals surface area contributed by atoms with Crippen LogP contribution in [0.4, 0.5) is 11.5 Å². The zero-order valence-corrected chi connectivity index (χ0v) is 12.9. The molecular formula is C13H18BrN3O3. The number of anilines is 1. The number of aliphatic hydroxyl groups excluding tert-OH is 1. The maximum absolute atomic E-state index is 11.1. The standard InChI is InChI=1S/C13H18BrN3O3/c1-9-3-2-4-13(6-9,8-18)16-12-11(17(19)20)5-10(14)7-15-12/h5,7,9,18H,2-4,6,8H2,1H3,(H,15,16). The number of nitrogens with one attached hydrogen (secondary N) is 1. The number of halogens is 1. The number of nitro groups is 1. The molecule has 2 N–H and O–H groups in total. The minimum atomic E-state index is -0.511. The Morgan fingerprint density at radius 2 is 2.45 bits per heavy atom. The second kappa shape index (κ2) is 6.05. The summed E-state index contributed by atoms with van der Waals surface area (Å²) >= 11 is 3.19. The summed E-state index contributed by atoms with van der Waals surface area (Å²) in [6, 6.07) is 1.42. The van der Waals surface area contributed by atoms with Crippen LogP contribution < -0.4 is 5.32 Å². The van der Waals surface area contributed by atoms with Crippen molar-refractivity contribution in [2.75, 3.05) is 11.9 Å². The van der Waals surface area contributed by atoms with Crippen LogP contribution in [0.5, 0.6) is 0 Å². The van der Waals surface area contributed by atoms with E-state index in [0.717, 1.165) is 25.7 Å². The number of aliphatic hydroxyl groups is 1. The van der Waals surface area contributed by atoms with E-state index in [9.17, 15) is 15.2 Å². The van der Waals surface area contributed by atoms with Gasteiger partial charge in [0.25, 0.3) is 0 Å².